The molecule has 1 N–H and O–H groups in total. The van der Waals surface area contributed by atoms with Gasteiger partial charge in [-0.3, -0.25) is 0 Å². The van der Waals surface area contributed by atoms with Crippen molar-refractivity contribution in [1.82, 2.24) is 5.32 Å². The van der Waals surface area contributed by atoms with Crippen LogP contribution < -0.4 is 5.32 Å². The molecule has 2 nitrogen and oxygen atoms in total. The van der Waals surface area contributed by atoms with Crippen LogP contribution in [0.1, 0.15) is 59.8 Å². The Kier molecular flexibility index (Phi) is 3.46. The molecule has 0 aromatic carbocycles. The minimum Gasteiger partial charge on any atom is -0.378 e. The van der Waals surface area contributed by atoms with Gasteiger partial charge in [-0.25, -0.2) is 0 Å². The number of nitrogens with one attached hydrogen (secondary N) is 1. The quantitative estimate of drug-likeness (QED) is 0.838. The van der Waals surface area contributed by atoms with E-state index in [-0.39, 0.29) is 0 Å². The molecule has 0 aromatic rings. The molecule has 2 aliphatic carbocycles. The summed E-state index contributed by atoms with van der Waals surface area (Å²) >= 11 is 0. The Bertz CT molecular complexity index is 340. The van der Waals surface area contributed by atoms with E-state index in [0.29, 0.717) is 16.9 Å². The van der Waals surface area contributed by atoms with E-state index in [1.165, 1.54) is 38.6 Å². The molecule has 3 rings (SSSR count). The maximum Gasteiger partial charge on any atom is 0.0613 e. The Balaban J connectivity index is 1.60. The van der Waals surface area contributed by atoms with Crippen LogP contribution >= 0.6 is 0 Å². The number of ether oxygens (including phenoxy) is 1. The summed E-state index contributed by atoms with van der Waals surface area (Å²) in [4.78, 5) is 0. The van der Waals surface area contributed by atoms with Gasteiger partial charge in [-0.2, -0.15) is 0 Å². The van der Waals surface area contributed by atoms with Gasteiger partial charge < -0.3 is 10.1 Å². The minimum atomic E-state index is 0.506. The van der Waals surface area contributed by atoms with Crippen molar-refractivity contribution >= 4 is 0 Å². The Hall–Kier alpha value is -0.0800. The lowest BCUT2D eigenvalue weighted by Crippen LogP contribution is -2.46. The van der Waals surface area contributed by atoms with E-state index in [1.807, 2.05) is 0 Å². The summed E-state index contributed by atoms with van der Waals surface area (Å²) in [6, 6.07) is 0.736. The second-order valence-electron chi connectivity index (χ2n) is 7.94. The fourth-order valence-corrected chi connectivity index (χ4v) is 5.18. The predicted octanol–water partition coefficient (Wildman–Crippen LogP) is 3.61. The van der Waals surface area contributed by atoms with Crippen LogP contribution in [-0.4, -0.2) is 25.3 Å². The number of hydrogen-bond acceptors (Lipinski definition) is 2. The first-order valence-corrected chi connectivity index (χ1v) is 8.34. The van der Waals surface area contributed by atoms with Gasteiger partial charge in [0.1, 0.15) is 0 Å². The first-order valence-electron chi connectivity index (χ1n) is 8.34. The topological polar surface area (TPSA) is 21.3 Å². The third kappa shape index (κ3) is 1.98. The molecule has 1 saturated heterocycles. The summed E-state index contributed by atoms with van der Waals surface area (Å²) in [5.74, 6) is 1.69. The fraction of sp³-hybridized carbons (Fsp3) is 1.00. The van der Waals surface area contributed by atoms with Gasteiger partial charge in [-0.1, -0.05) is 27.7 Å². The lowest BCUT2D eigenvalue weighted by atomic mass is 9.69. The first-order chi connectivity index (χ1) is 8.99. The van der Waals surface area contributed by atoms with Gasteiger partial charge in [0.2, 0.25) is 0 Å². The van der Waals surface area contributed by atoms with Crippen LogP contribution in [0.2, 0.25) is 0 Å². The zero-order chi connectivity index (χ0) is 13.7. The molecule has 2 saturated carbocycles. The molecule has 0 spiro atoms. The highest BCUT2D eigenvalue weighted by Gasteiger charge is 2.61. The van der Waals surface area contributed by atoms with E-state index in [2.05, 4.69) is 33.0 Å². The van der Waals surface area contributed by atoms with Crippen molar-refractivity contribution in [1.29, 1.82) is 0 Å². The number of fused-ring (bicyclic) bond motifs is 2. The Morgan fingerprint density at radius 2 is 2.00 bits per heavy atom. The monoisotopic (exact) mass is 265 g/mol. The Morgan fingerprint density at radius 3 is 2.58 bits per heavy atom. The van der Waals surface area contributed by atoms with Crippen LogP contribution in [-0.2, 0) is 4.74 Å². The van der Waals surface area contributed by atoms with Crippen molar-refractivity contribution in [3.8, 4) is 0 Å². The zero-order valence-electron chi connectivity index (χ0n) is 13.2. The zero-order valence-corrected chi connectivity index (χ0v) is 13.2. The van der Waals surface area contributed by atoms with Gasteiger partial charge in [-0.05, 0) is 54.8 Å². The summed E-state index contributed by atoms with van der Waals surface area (Å²) in [5, 5.41) is 3.94. The average Bonchev–Trinajstić information content (AvgIpc) is 2.97. The Labute approximate surface area is 118 Å². The van der Waals surface area contributed by atoms with E-state index < -0.39 is 0 Å². The molecule has 0 amide bonds. The molecule has 0 radical (unpaired) electrons. The maximum absolute atomic E-state index is 5.82. The van der Waals surface area contributed by atoms with Gasteiger partial charge in [0, 0.05) is 19.2 Å². The molecule has 19 heavy (non-hydrogen) atoms. The SMILES string of the molecule is CCC1OCCC1CNC1CC2CCC1(C)C2(C)C. The largest absolute Gasteiger partial charge is 0.378 e. The molecule has 1 heterocycles. The van der Waals surface area contributed by atoms with Crippen LogP contribution in [0.25, 0.3) is 0 Å². The lowest BCUT2D eigenvalue weighted by molar-refractivity contribution is 0.0808. The van der Waals surface area contributed by atoms with Crippen LogP contribution in [0.15, 0.2) is 0 Å². The molecule has 2 bridgehead atoms. The predicted molar refractivity (Wildman–Crippen MR) is 79.2 cm³/mol. The van der Waals surface area contributed by atoms with Crippen molar-refractivity contribution in [3.05, 3.63) is 0 Å². The van der Waals surface area contributed by atoms with Crippen LogP contribution in [0, 0.1) is 22.7 Å². The standard InChI is InChI=1S/C17H31NO/c1-5-14-12(7-9-19-14)11-18-15-10-13-6-8-17(15,4)16(13,2)3/h12-15,18H,5-11H2,1-4H3. The van der Waals surface area contributed by atoms with E-state index >= 15 is 0 Å². The molecule has 3 aliphatic rings. The molecule has 110 valence electrons. The third-order valence-corrected chi connectivity index (χ3v) is 7.17. The van der Waals surface area contributed by atoms with Crippen LogP contribution in [0.4, 0.5) is 0 Å². The molecular weight excluding hydrogens is 234 g/mol. The van der Waals surface area contributed by atoms with Crippen molar-refractivity contribution in [2.24, 2.45) is 22.7 Å². The van der Waals surface area contributed by atoms with Gasteiger partial charge >= 0.3 is 0 Å². The molecule has 1 aliphatic heterocycles. The fourth-order valence-electron chi connectivity index (χ4n) is 5.18. The molecule has 5 atom stereocenters. The minimum absolute atomic E-state index is 0.506. The number of hydrogen-bond donors (Lipinski definition) is 1. The summed E-state index contributed by atoms with van der Waals surface area (Å²) in [6.45, 7) is 11.9. The number of rotatable bonds is 4. The first kappa shape index (κ1) is 13.9. The summed E-state index contributed by atoms with van der Waals surface area (Å²) in [7, 11) is 0. The van der Waals surface area contributed by atoms with Crippen molar-refractivity contribution in [2.75, 3.05) is 13.2 Å². The van der Waals surface area contributed by atoms with Crippen molar-refractivity contribution < 1.29 is 4.74 Å². The molecule has 2 heteroatoms. The lowest BCUT2D eigenvalue weighted by Gasteiger charge is -2.40. The Morgan fingerprint density at radius 1 is 1.21 bits per heavy atom. The maximum atomic E-state index is 5.82. The van der Waals surface area contributed by atoms with Crippen LogP contribution in [0.3, 0.4) is 0 Å². The summed E-state index contributed by atoms with van der Waals surface area (Å²) in [6.07, 6.45) is 7.19. The summed E-state index contributed by atoms with van der Waals surface area (Å²) in [5.41, 5.74) is 1.04. The van der Waals surface area contributed by atoms with Crippen LogP contribution in [0.5, 0.6) is 0 Å². The average molecular weight is 265 g/mol. The van der Waals surface area contributed by atoms with E-state index in [9.17, 15) is 0 Å². The van der Waals surface area contributed by atoms with E-state index in [4.69, 9.17) is 4.74 Å². The van der Waals surface area contributed by atoms with Gasteiger partial charge in [0.15, 0.2) is 0 Å². The highest BCUT2D eigenvalue weighted by molar-refractivity contribution is 5.13. The third-order valence-electron chi connectivity index (χ3n) is 7.17. The highest BCUT2D eigenvalue weighted by atomic mass is 16.5. The molecule has 0 aromatic heterocycles. The van der Waals surface area contributed by atoms with E-state index in [1.54, 1.807) is 0 Å². The second-order valence-corrected chi connectivity index (χ2v) is 7.94. The van der Waals surface area contributed by atoms with Crippen molar-refractivity contribution in [2.45, 2.75) is 71.9 Å². The second kappa shape index (κ2) is 4.73. The van der Waals surface area contributed by atoms with Crippen molar-refractivity contribution in [3.63, 3.8) is 0 Å². The molecule has 3 fully saturated rings. The summed E-state index contributed by atoms with van der Waals surface area (Å²) < 4.78 is 5.82. The normalized spacial score (nSPS) is 48.0. The van der Waals surface area contributed by atoms with Gasteiger partial charge in [-0.15, -0.1) is 0 Å². The van der Waals surface area contributed by atoms with Gasteiger partial charge in [0.25, 0.3) is 0 Å². The molecule has 5 unspecified atom stereocenters. The highest BCUT2D eigenvalue weighted by Crippen LogP contribution is 2.65. The van der Waals surface area contributed by atoms with E-state index in [0.717, 1.165) is 24.5 Å². The smallest absolute Gasteiger partial charge is 0.0613 e. The van der Waals surface area contributed by atoms with Gasteiger partial charge in [0.05, 0.1) is 6.10 Å². The molecular formula is C17H31NO.